The number of benzene rings is 1. The summed E-state index contributed by atoms with van der Waals surface area (Å²) in [6.45, 7) is 4.40. The number of aromatic nitrogens is 1. The van der Waals surface area contributed by atoms with Gasteiger partial charge in [0, 0.05) is 6.20 Å². The largest absolute Gasteiger partial charge is 0.383 e. The second kappa shape index (κ2) is 5.43. The molecule has 1 aromatic carbocycles. The molecular weight excluding hydrogens is 230 g/mol. The van der Waals surface area contributed by atoms with Gasteiger partial charge < -0.3 is 5.11 Å². The Bertz CT molecular complexity index is 465. The second-order valence-corrected chi connectivity index (χ2v) is 5.57. The van der Waals surface area contributed by atoms with Gasteiger partial charge in [0.2, 0.25) is 0 Å². The molecule has 0 fully saturated rings. The Morgan fingerprint density at radius 2 is 2.18 bits per heavy atom. The molecule has 17 heavy (non-hydrogen) atoms. The van der Waals surface area contributed by atoms with Gasteiger partial charge in [0.05, 0.1) is 10.4 Å². The van der Waals surface area contributed by atoms with Gasteiger partial charge in [0.25, 0.3) is 0 Å². The Kier molecular flexibility index (Phi) is 3.92. The molecule has 0 spiro atoms. The number of thiazole rings is 1. The van der Waals surface area contributed by atoms with E-state index in [-0.39, 0.29) is 0 Å². The highest BCUT2D eigenvalue weighted by Crippen LogP contribution is 2.25. The molecular formula is C14H17NOS. The monoisotopic (exact) mass is 247 g/mol. The molecule has 1 heterocycles. The summed E-state index contributed by atoms with van der Waals surface area (Å²) in [6, 6.07) is 8.18. The van der Waals surface area contributed by atoms with Crippen LogP contribution in [0.1, 0.15) is 36.0 Å². The van der Waals surface area contributed by atoms with E-state index < -0.39 is 6.10 Å². The zero-order valence-corrected chi connectivity index (χ0v) is 10.9. The predicted molar refractivity (Wildman–Crippen MR) is 71.2 cm³/mol. The van der Waals surface area contributed by atoms with Gasteiger partial charge in [-0.15, -0.1) is 11.3 Å². The number of rotatable bonds is 4. The highest BCUT2D eigenvalue weighted by atomic mass is 32.1. The van der Waals surface area contributed by atoms with Crippen molar-refractivity contribution in [2.75, 3.05) is 0 Å². The van der Waals surface area contributed by atoms with Crippen LogP contribution in [-0.2, 0) is 6.42 Å². The topological polar surface area (TPSA) is 33.1 Å². The standard InChI is InChI=1S/C14H17NOS/c1-10(2)6-11-4-3-5-12(7-11)14(16)13-8-15-9-17-13/h3-5,7-10,14,16H,6H2,1-2H3. The van der Waals surface area contributed by atoms with E-state index in [1.165, 1.54) is 16.9 Å². The van der Waals surface area contributed by atoms with Crippen LogP contribution >= 0.6 is 11.3 Å². The van der Waals surface area contributed by atoms with Crippen LogP contribution < -0.4 is 0 Å². The normalized spacial score (nSPS) is 12.9. The molecule has 90 valence electrons. The summed E-state index contributed by atoms with van der Waals surface area (Å²) in [7, 11) is 0. The van der Waals surface area contributed by atoms with Crippen molar-refractivity contribution in [3.8, 4) is 0 Å². The van der Waals surface area contributed by atoms with Crippen LogP contribution in [0.4, 0.5) is 0 Å². The fourth-order valence-electron chi connectivity index (χ4n) is 1.89. The predicted octanol–water partition coefficient (Wildman–Crippen LogP) is 3.42. The van der Waals surface area contributed by atoms with Crippen molar-refractivity contribution in [2.45, 2.75) is 26.4 Å². The van der Waals surface area contributed by atoms with Crippen LogP contribution in [0, 0.1) is 5.92 Å². The van der Waals surface area contributed by atoms with E-state index in [0.29, 0.717) is 5.92 Å². The molecule has 0 aliphatic heterocycles. The average molecular weight is 247 g/mol. The van der Waals surface area contributed by atoms with Gasteiger partial charge in [-0.1, -0.05) is 38.1 Å². The minimum atomic E-state index is -0.547. The van der Waals surface area contributed by atoms with E-state index in [1.54, 1.807) is 11.7 Å². The van der Waals surface area contributed by atoms with Crippen LogP contribution in [0.5, 0.6) is 0 Å². The third kappa shape index (κ3) is 3.14. The first-order chi connectivity index (χ1) is 8.16. The van der Waals surface area contributed by atoms with Gasteiger partial charge in [-0.25, -0.2) is 0 Å². The number of aliphatic hydroxyl groups is 1. The molecule has 1 aromatic heterocycles. The lowest BCUT2D eigenvalue weighted by molar-refractivity contribution is 0.224. The minimum Gasteiger partial charge on any atom is -0.383 e. The van der Waals surface area contributed by atoms with Crippen molar-refractivity contribution >= 4 is 11.3 Å². The lowest BCUT2D eigenvalue weighted by Gasteiger charge is -2.11. The summed E-state index contributed by atoms with van der Waals surface area (Å²) < 4.78 is 0. The average Bonchev–Trinajstić information content (AvgIpc) is 2.81. The van der Waals surface area contributed by atoms with Gasteiger partial charge >= 0.3 is 0 Å². The summed E-state index contributed by atoms with van der Waals surface area (Å²) >= 11 is 1.48. The SMILES string of the molecule is CC(C)Cc1cccc(C(O)c2cncs2)c1. The first kappa shape index (κ1) is 12.3. The van der Waals surface area contributed by atoms with Gasteiger partial charge in [0.1, 0.15) is 6.10 Å². The van der Waals surface area contributed by atoms with E-state index in [9.17, 15) is 5.11 Å². The summed E-state index contributed by atoms with van der Waals surface area (Å²) in [5.41, 5.74) is 3.98. The molecule has 2 nitrogen and oxygen atoms in total. The van der Waals surface area contributed by atoms with Crippen molar-refractivity contribution < 1.29 is 5.11 Å². The number of nitrogens with zero attached hydrogens (tertiary/aromatic N) is 1. The number of hydrogen-bond acceptors (Lipinski definition) is 3. The van der Waals surface area contributed by atoms with E-state index in [4.69, 9.17) is 0 Å². The van der Waals surface area contributed by atoms with Crippen molar-refractivity contribution in [2.24, 2.45) is 5.92 Å². The molecule has 0 bridgehead atoms. The second-order valence-electron chi connectivity index (χ2n) is 4.65. The molecule has 2 aromatic rings. The number of aliphatic hydroxyl groups excluding tert-OH is 1. The summed E-state index contributed by atoms with van der Waals surface area (Å²) in [5, 5.41) is 10.2. The van der Waals surface area contributed by atoms with Crippen LogP contribution in [0.3, 0.4) is 0 Å². The van der Waals surface area contributed by atoms with Crippen molar-refractivity contribution in [3.05, 3.63) is 52.0 Å². The maximum atomic E-state index is 10.2. The van der Waals surface area contributed by atoms with Gasteiger partial charge in [-0.3, -0.25) is 4.98 Å². The van der Waals surface area contributed by atoms with E-state index >= 15 is 0 Å². The van der Waals surface area contributed by atoms with Crippen molar-refractivity contribution in [3.63, 3.8) is 0 Å². The molecule has 0 aliphatic carbocycles. The maximum Gasteiger partial charge on any atom is 0.115 e. The summed E-state index contributed by atoms with van der Waals surface area (Å²) in [4.78, 5) is 4.89. The smallest absolute Gasteiger partial charge is 0.115 e. The molecule has 0 radical (unpaired) electrons. The third-order valence-corrected chi connectivity index (χ3v) is 3.46. The molecule has 0 amide bonds. The minimum absolute atomic E-state index is 0.547. The van der Waals surface area contributed by atoms with Crippen LogP contribution in [0.25, 0.3) is 0 Å². The highest BCUT2D eigenvalue weighted by molar-refractivity contribution is 7.09. The maximum absolute atomic E-state index is 10.2. The Hall–Kier alpha value is -1.19. The van der Waals surface area contributed by atoms with Crippen molar-refractivity contribution in [1.82, 2.24) is 4.98 Å². The highest BCUT2D eigenvalue weighted by Gasteiger charge is 2.12. The zero-order valence-electron chi connectivity index (χ0n) is 10.1. The lowest BCUT2D eigenvalue weighted by atomic mass is 9.99. The molecule has 3 heteroatoms. The summed E-state index contributed by atoms with van der Waals surface area (Å²) in [5.74, 6) is 0.630. The molecule has 0 aliphatic rings. The Morgan fingerprint density at radius 3 is 2.82 bits per heavy atom. The third-order valence-electron chi connectivity index (χ3n) is 2.63. The van der Waals surface area contributed by atoms with E-state index in [1.807, 2.05) is 12.1 Å². The lowest BCUT2D eigenvalue weighted by Crippen LogP contribution is -2.00. The summed E-state index contributed by atoms with van der Waals surface area (Å²) in [6.07, 6.45) is 2.22. The molecule has 1 atom stereocenters. The molecule has 2 rings (SSSR count). The van der Waals surface area contributed by atoms with Crippen LogP contribution in [0.2, 0.25) is 0 Å². The van der Waals surface area contributed by atoms with Gasteiger partial charge in [-0.05, 0) is 23.5 Å². The molecule has 0 saturated carbocycles. The first-order valence-electron chi connectivity index (χ1n) is 5.82. The fraction of sp³-hybridized carbons (Fsp3) is 0.357. The molecule has 1 unspecified atom stereocenters. The quantitative estimate of drug-likeness (QED) is 0.898. The molecule has 1 N–H and O–H groups in total. The van der Waals surface area contributed by atoms with Gasteiger partial charge in [0.15, 0.2) is 0 Å². The Labute approximate surface area is 106 Å². The molecule has 0 saturated heterocycles. The van der Waals surface area contributed by atoms with Crippen LogP contribution in [0.15, 0.2) is 36.0 Å². The van der Waals surface area contributed by atoms with E-state index in [2.05, 4.69) is 31.0 Å². The first-order valence-corrected chi connectivity index (χ1v) is 6.70. The Balaban J connectivity index is 2.21. The zero-order chi connectivity index (χ0) is 12.3. The Morgan fingerprint density at radius 1 is 1.35 bits per heavy atom. The van der Waals surface area contributed by atoms with Crippen LogP contribution in [-0.4, -0.2) is 10.1 Å². The van der Waals surface area contributed by atoms with Crippen molar-refractivity contribution in [1.29, 1.82) is 0 Å². The van der Waals surface area contributed by atoms with E-state index in [0.717, 1.165) is 16.9 Å². The van der Waals surface area contributed by atoms with Gasteiger partial charge in [-0.2, -0.15) is 0 Å². The number of hydrogen-bond donors (Lipinski definition) is 1. The fourth-order valence-corrected chi connectivity index (χ4v) is 2.52.